The summed E-state index contributed by atoms with van der Waals surface area (Å²) in [6, 6.07) is 0. The molecule has 0 aromatic carbocycles. The van der Waals surface area contributed by atoms with E-state index in [1.807, 2.05) is 0 Å². The Morgan fingerprint density at radius 2 is 2.30 bits per heavy atom. The molecule has 1 aliphatic carbocycles. The summed E-state index contributed by atoms with van der Waals surface area (Å²) < 4.78 is 14.2. The van der Waals surface area contributed by atoms with Crippen LogP contribution in [0.5, 0.6) is 0 Å². The Bertz CT molecular complexity index is 471. The van der Waals surface area contributed by atoms with Crippen molar-refractivity contribution in [3.63, 3.8) is 0 Å². The third-order valence-corrected chi connectivity index (χ3v) is 4.43. The van der Waals surface area contributed by atoms with E-state index in [0.29, 0.717) is 22.6 Å². The topological polar surface area (TPSA) is 86.5 Å². The van der Waals surface area contributed by atoms with E-state index in [-0.39, 0.29) is 5.82 Å². The summed E-state index contributed by atoms with van der Waals surface area (Å²) in [5.41, 5.74) is 6.40. The van der Waals surface area contributed by atoms with Gasteiger partial charge in [0.05, 0.1) is 6.61 Å². The van der Waals surface area contributed by atoms with Gasteiger partial charge in [0.2, 0.25) is 0 Å². The molecule has 2 rings (SSSR count). The van der Waals surface area contributed by atoms with E-state index < -0.39 is 5.97 Å². The number of carbonyl (C=O) groups is 1. The molecule has 0 saturated heterocycles. The lowest BCUT2D eigenvalue weighted by Crippen LogP contribution is -2.18. The minimum absolute atomic E-state index is 0.234. The fourth-order valence-corrected chi connectivity index (χ4v) is 2.80. The second-order valence-corrected chi connectivity index (χ2v) is 5.86. The zero-order chi connectivity index (χ0) is 14.6. The summed E-state index contributed by atoms with van der Waals surface area (Å²) in [6.07, 6.45) is 3.40. The molecule has 1 heterocycles. The maximum Gasteiger partial charge on any atom is 0.344 e. The number of hydrogen-bond acceptors (Lipinski definition) is 7. The van der Waals surface area contributed by atoms with Crippen LogP contribution in [0.2, 0.25) is 0 Å². The molecular weight excluding hydrogens is 278 g/mol. The monoisotopic (exact) mass is 299 g/mol. The first-order valence-corrected chi connectivity index (χ1v) is 7.54. The molecule has 6 nitrogen and oxygen atoms in total. The standard InChI is InChI=1S/C13H21N3O3S/c1-3-19-12(17)9-10(14)16-20-11(9)15-8-13(4-5-13)6-7-18-2/h15H,3-8H2,1-2H3,(H2,14,16). The van der Waals surface area contributed by atoms with Crippen LogP contribution in [0.3, 0.4) is 0 Å². The number of ether oxygens (including phenoxy) is 2. The highest BCUT2D eigenvalue weighted by Gasteiger charge is 2.42. The van der Waals surface area contributed by atoms with Gasteiger partial charge in [0.15, 0.2) is 5.82 Å². The maximum absolute atomic E-state index is 11.9. The number of nitrogens with zero attached hydrogens (tertiary/aromatic N) is 1. The third-order valence-electron chi connectivity index (χ3n) is 3.62. The molecule has 0 aliphatic heterocycles. The molecule has 0 amide bonds. The van der Waals surface area contributed by atoms with E-state index in [1.165, 1.54) is 24.4 Å². The molecule has 1 aromatic heterocycles. The van der Waals surface area contributed by atoms with Crippen molar-refractivity contribution in [2.24, 2.45) is 5.41 Å². The van der Waals surface area contributed by atoms with Gasteiger partial charge >= 0.3 is 5.97 Å². The molecule has 0 atom stereocenters. The van der Waals surface area contributed by atoms with Gasteiger partial charge in [-0.1, -0.05) is 0 Å². The van der Waals surface area contributed by atoms with Crippen molar-refractivity contribution < 1.29 is 14.3 Å². The van der Waals surface area contributed by atoms with Crippen LogP contribution in [0.1, 0.15) is 36.5 Å². The average molecular weight is 299 g/mol. The van der Waals surface area contributed by atoms with Crippen LogP contribution in [0.25, 0.3) is 0 Å². The number of esters is 1. The summed E-state index contributed by atoms with van der Waals surface area (Å²) in [4.78, 5) is 11.9. The largest absolute Gasteiger partial charge is 0.462 e. The second kappa shape index (κ2) is 6.41. The molecule has 1 fully saturated rings. The smallest absolute Gasteiger partial charge is 0.344 e. The van der Waals surface area contributed by atoms with Crippen LogP contribution in [0.15, 0.2) is 0 Å². The van der Waals surface area contributed by atoms with Crippen LogP contribution < -0.4 is 11.1 Å². The van der Waals surface area contributed by atoms with E-state index >= 15 is 0 Å². The first-order valence-electron chi connectivity index (χ1n) is 6.77. The lowest BCUT2D eigenvalue weighted by Gasteiger charge is -2.15. The normalized spacial score (nSPS) is 15.9. The van der Waals surface area contributed by atoms with Gasteiger partial charge < -0.3 is 20.5 Å². The molecular formula is C13H21N3O3S. The molecule has 1 saturated carbocycles. The number of methoxy groups -OCH3 is 1. The highest BCUT2D eigenvalue weighted by atomic mass is 32.1. The Balaban J connectivity index is 1.98. The molecule has 0 spiro atoms. The van der Waals surface area contributed by atoms with E-state index in [2.05, 4.69) is 9.69 Å². The number of nitrogens with one attached hydrogen (secondary N) is 1. The summed E-state index contributed by atoms with van der Waals surface area (Å²) in [5.74, 6) is -0.180. The second-order valence-electron chi connectivity index (χ2n) is 5.09. The van der Waals surface area contributed by atoms with Gasteiger partial charge in [-0.05, 0) is 43.1 Å². The quantitative estimate of drug-likeness (QED) is 0.715. The zero-order valence-corrected chi connectivity index (χ0v) is 12.7. The van der Waals surface area contributed by atoms with Gasteiger partial charge in [-0.15, -0.1) is 0 Å². The number of aromatic nitrogens is 1. The Morgan fingerprint density at radius 1 is 1.55 bits per heavy atom. The van der Waals surface area contributed by atoms with Gasteiger partial charge in [-0.25, -0.2) is 4.79 Å². The van der Waals surface area contributed by atoms with Crippen LogP contribution >= 0.6 is 11.5 Å². The SMILES string of the molecule is CCOC(=O)c1c(N)nsc1NCC1(CCOC)CC1. The van der Waals surface area contributed by atoms with Crippen molar-refractivity contribution in [3.8, 4) is 0 Å². The average Bonchev–Trinajstić information content (AvgIpc) is 3.11. The van der Waals surface area contributed by atoms with Crippen molar-refractivity contribution in [1.82, 2.24) is 4.37 Å². The Kier molecular flexibility index (Phi) is 4.82. The van der Waals surface area contributed by atoms with Gasteiger partial charge in [-0.3, -0.25) is 0 Å². The first-order chi connectivity index (χ1) is 9.62. The Hall–Kier alpha value is -1.34. The van der Waals surface area contributed by atoms with Crippen LogP contribution in [0, 0.1) is 5.41 Å². The predicted molar refractivity (Wildman–Crippen MR) is 79.1 cm³/mol. The van der Waals surface area contributed by atoms with Crippen molar-refractivity contribution >= 4 is 28.3 Å². The van der Waals surface area contributed by atoms with Gasteiger partial charge in [0.25, 0.3) is 0 Å². The molecule has 0 unspecified atom stereocenters. The third kappa shape index (κ3) is 3.40. The van der Waals surface area contributed by atoms with Gasteiger partial charge in [0, 0.05) is 20.3 Å². The number of hydrogen-bond donors (Lipinski definition) is 2. The van der Waals surface area contributed by atoms with Crippen molar-refractivity contribution in [3.05, 3.63) is 5.56 Å². The lowest BCUT2D eigenvalue weighted by atomic mass is 10.0. The van der Waals surface area contributed by atoms with E-state index in [0.717, 1.165) is 19.6 Å². The number of rotatable bonds is 8. The van der Waals surface area contributed by atoms with E-state index in [9.17, 15) is 4.79 Å². The summed E-state index contributed by atoms with van der Waals surface area (Å²) in [5, 5.41) is 4.00. The molecule has 0 bridgehead atoms. The van der Waals surface area contributed by atoms with Crippen LogP contribution in [0.4, 0.5) is 10.8 Å². The molecule has 0 radical (unpaired) electrons. The Morgan fingerprint density at radius 3 is 2.90 bits per heavy atom. The minimum Gasteiger partial charge on any atom is -0.462 e. The Labute approximate surface area is 122 Å². The van der Waals surface area contributed by atoms with Crippen LogP contribution in [-0.4, -0.2) is 37.2 Å². The lowest BCUT2D eigenvalue weighted by molar-refractivity contribution is 0.0529. The molecule has 1 aromatic rings. The highest BCUT2D eigenvalue weighted by molar-refractivity contribution is 7.11. The molecule has 7 heteroatoms. The molecule has 1 aliphatic rings. The minimum atomic E-state index is -0.414. The fraction of sp³-hybridized carbons (Fsp3) is 0.692. The zero-order valence-electron chi connectivity index (χ0n) is 11.9. The van der Waals surface area contributed by atoms with Gasteiger partial charge in [-0.2, -0.15) is 4.37 Å². The van der Waals surface area contributed by atoms with Crippen molar-refractivity contribution in [1.29, 1.82) is 0 Å². The first kappa shape index (κ1) is 15.1. The summed E-state index contributed by atoms with van der Waals surface area (Å²) in [7, 11) is 1.71. The summed E-state index contributed by atoms with van der Waals surface area (Å²) in [6.45, 7) is 3.66. The van der Waals surface area contributed by atoms with Crippen molar-refractivity contribution in [2.45, 2.75) is 26.2 Å². The highest BCUT2D eigenvalue weighted by Crippen LogP contribution is 2.49. The number of anilines is 2. The number of carbonyl (C=O) groups excluding carboxylic acids is 1. The van der Waals surface area contributed by atoms with Gasteiger partial charge in [0.1, 0.15) is 10.6 Å². The molecule has 20 heavy (non-hydrogen) atoms. The van der Waals surface area contributed by atoms with Crippen molar-refractivity contribution in [2.75, 3.05) is 37.9 Å². The van der Waals surface area contributed by atoms with E-state index in [4.69, 9.17) is 15.2 Å². The number of nitrogens with two attached hydrogens (primary N) is 1. The maximum atomic E-state index is 11.9. The molecule has 112 valence electrons. The number of nitrogen functional groups attached to an aromatic ring is 1. The summed E-state index contributed by atoms with van der Waals surface area (Å²) >= 11 is 1.20. The molecule has 3 N–H and O–H groups in total. The van der Waals surface area contributed by atoms with E-state index in [1.54, 1.807) is 14.0 Å². The fourth-order valence-electron chi connectivity index (χ4n) is 2.10. The predicted octanol–water partition coefficient (Wildman–Crippen LogP) is 2.13. The van der Waals surface area contributed by atoms with Crippen LogP contribution in [-0.2, 0) is 9.47 Å².